The number of halogens is 2. The van der Waals surface area contributed by atoms with Gasteiger partial charge in [-0.25, -0.2) is 8.78 Å². The third-order valence-corrected chi connectivity index (χ3v) is 5.38. The zero-order chi connectivity index (χ0) is 19.8. The van der Waals surface area contributed by atoms with Gasteiger partial charge in [0.25, 0.3) is 5.69 Å². The first kappa shape index (κ1) is 18.3. The predicted molar refractivity (Wildman–Crippen MR) is 103 cm³/mol. The molecule has 2 atom stereocenters. The molecule has 1 aliphatic rings. The van der Waals surface area contributed by atoms with E-state index in [2.05, 4.69) is 0 Å². The number of nitro benzene ring substituents is 1. The Morgan fingerprint density at radius 2 is 1.71 bits per heavy atom. The van der Waals surface area contributed by atoms with Crippen molar-refractivity contribution in [3.8, 4) is 11.1 Å². The SMILES string of the molecule is NC1Cc2ccccc2C1Cc1c(F)cc(-c2cccc([N+](=O)[O-])c2)cc1F. The highest BCUT2D eigenvalue weighted by atomic mass is 19.1. The number of nitrogens with two attached hydrogens (primary N) is 1. The number of nitro groups is 1. The molecule has 6 heteroatoms. The van der Waals surface area contributed by atoms with Crippen LogP contribution < -0.4 is 5.73 Å². The highest BCUT2D eigenvalue weighted by Crippen LogP contribution is 2.36. The van der Waals surface area contributed by atoms with Crippen LogP contribution >= 0.6 is 0 Å². The molecule has 1 aliphatic carbocycles. The second kappa shape index (κ2) is 7.13. The van der Waals surface area contributed by atoms with Crippen molar-refractivity contribution in [2.24, 2.45) is 5.73 Å². The van der Waals surface area contributed by atoms with Gasteiger partial charge in [-0.15, -0.1) is 0 Å². The minimum Gasteiger partial charge on any atom is -0.327 e. The average molecular weight is 380 g/mol. The summed E-state index contributed by atoms with van der Waals surface area (Å²) >= 11 is 0. The van der Waals surface area contributed by atoms with E-state index < -0.39 is 16.6 Å². The Morgan fingerprint density at radius 3 is 2.43 bits per heavy atom. The Bertz CT molecular complexity index is 1040. The summed E-state index contributed by atoms with van der Waals surface area (Å²) in [6, 6.07) is 15.8. The molecule has 3 aromatic rings. The lowest BCUT2D eigenvalue weighted by Gasteiger charge is -2.18. The summed E-state index contributed by atoms with van der Waals surface area (Å²) in [5, 5.41) is 10.9. The fourth-order valence-corrected chi connectivity index (χ4v) is 3.95. The van der Waals surface area contributed by atoms with Crippen LogP contribution in [0.25, 0.3) is 11.1 Å². The Labute approximate surface area is 160 Å². The highest BCUT2D eigenvalue weighted by molar-refractivity contribution is 5.66. The first-order chi connectivity index (χ1) is 13.4. The van der Waals surface area contributed by atoms with E-state index in [1.54, 1.807) is 6.07 Å². The Balaban J connectivity index is 1.67. The average Bonchev–Trinajstić information content (AvgIpc) is 2.99. The third-order valence-electron chi connectivity index (χ3n) is 5.38. The van der Waals surface area contributed by atoms with Gasteiger partial charge < -0.3 is 5.73 Å². The molecule has 0 aliphatic heterocycles. The maximum Gasteiger partial charge on any atom is 0.270 e. The van der Waals surface area contributed by atoms with Gasteiger partial charge in [-0.2, -0.15) is 0 Å². The predicted octanol–water partition coefficient (Wildman–Crippen LogP) is 4.75. The molecule has 28 heavy (non-hydrogen) atoms. The van der Waals surface area contributed by atoms with E-state index in [-0.39, 0.29) is 35.2 Å². The van der Waals surface area contributed by atoms with Gasteiger partial charge in [0.15, 0.2) is 0 Å². The molecule has 142 valence electrons. The molecule has 0 saturated heterocycles. The van der Waals surface area contributed by atoms with Gasteiger partial charge in [-0.1, -0.05) is 36.4 Å². The molecule has 0 fully saturated rings. The normalized spacial score (nSPS) is 18.1. The fraction of sp³-hybridized carbons (Fsp3) is 0.182. The molecule has 4 nitrogen and oxygen atoms in total. The van der Waals surface area contributed by atoms with Crippen LogP contribution in [0.5, 0.6) is 0 Å². The monoisotopic (exact) mass is 380 g/mol. The topological polar surface area (TPSA) is 69.2 Å². The van der Waals surface area contributed by atoms with Crippen LogP contribution in [0.15, 0.2) is 60.7 Å². The maximum absolute atomic E-state index is 14.8. The molecular formula is C22H18F2N2O2. The summed E-state index contributed by atoms with van der Waals surface area (Å²) in [7, 11) is 0. The van der Waals surface area contributed by atoms with Crippen molar-refractivity contribution in [3.63, 3.8) is 0 Å². The Hall–Kier alpha value is -3.12. The minimum atomic E-state index is -0.668. The van der Waals surface area contributed by atoms with E-state index in [0.717, 1.165) is 11.1 Å². The molecule has 0 aromatic heterocycles. The number of benzene rings is 3. The molecular weight excluding hydrogens is 362 g/mol. The van der Waals surface area contributed by atoms with Crippen LogP contribution in [0.4, 0.5) is 14.5 Å². The highest BCUT2D eigenvalue weighted by Gasteiger charge is 2.31. The van der Waals surface area contributed by atoms with Crippen molar-refractivity contribution < 1.29 is 13.7 Å². The molecule has 0 spiro atoms. The summed E-state index contributed by atoms with van der Waals surface area (Å²) in [4.78, 5) is 10.4. The summed E-state index contributed by atoms with van der Waals surface area (Å²) in [5.41, 5.74) is 8.91. The molecule has 2 N–H and O–H groups in total. The van der Waals surface area contributed by atoms with Crippen LogP contribution in [-0.4, -0.2) is 11.0 Å². The smallest absolute Gasteiger partial charge is 0.270 e. The van der Waals surface area contributed by atoms with Crippen LogP contribution in [-0.2, 0) is 12.8 Å². The lowest BCUT2D eigenvalue weighted by atomic mass is 9.90. The zero-order valence-corrected chi connectivity index (χ0v) is 14.9. The van der Waals surface area contributed by atoms with Crippen LogP contribution in [0, 0.1) is 21.7 Å². The lowest BCUT2D eigenvalue weighted by molar-refractivity contribution is -0.384. The van der Waals surface area contributed by atoms with Crippen LogP contribution in [0.3, 0.4) is 0 Å². The largest absolute Gasteiger partial charge is 0.327 e. The van der Waals surface area contributed by atoms with E-state index >= 15 is 0 Å². The van der Waals surface area contributed by atoms with Crippen molar-refractivity contribution in [3.05, 3.63) is 99.1 Å². The summed E-state index contributed by atoms with van der Waals surface area (Å²) < 4.78 is 29.6. The second-order valence-corrected chi connectivity index (χ2v) is 7.10. The van der Waals surface area contributed by atoms with Crippen molar-refractivity contribution in [2.75, 3.05) is 0 Å². The first-order valence-corrected chi connectivity index (χ1v) is 9.00. The molecule has 0 bridgehead atoms. The molecule has 3 aromatic carbocycles. The quantitative estimate of drug-likeness (QED) is 0.525. The van der Waals surface area contributed by atoms with Gasteiger partial charge in [0.2, 0.25) is 0 Å². The van der Waals surface area contributed by atoms with Gasteiger partial charge in [0.05, 0.1) is 4.92 Å². The number of nitrogens with zero attached hydrogens (tertiary/aromatic N) is 1. The Morgan fingerprint density at radius 1 is 1.00 bits per heavy atom. The van der Waals surface area contributed by atoms with E-state index in [4.69, 9.17) is 5.73 Å². The molecule has 2 unspecified atom stereocenters. The minimum absolute atomic E-state index is 0.00802. The van der Waals surface area contributed by atoms with Crippen molar-refractivity contribution in [1.29, 1.82) is 0 Å². The van der Waals surface area contributed by atoms with Gasteiger partial charge in [0, 0.05) is 29.7 Å². The summed E-state index contributed by atoms with van der Waals surface area (Å²) in [6.45, 7) is 0. The molecule has 0 radical (unpaired) electrons. The molecule has 4 rings (SSSR count). The van der Waals surface area contributed by atoms with Crippen LogP contribution in [0.2, 0.25) is 0 Å². The van der Waals surface area contributed by atoms with E-state index in [0.29, 0.717) is 12.0 Å². The Kier molecular flexibility index (Phi) is 4.65. The summed E-state index contributed by atoms with van der Waals surface area (Å²) in [6.07, 6.45) is 0.862. The number of fused-ring (bicyclic) bond motifs is 1. The van der Waals surface area contributed by atoms with Gasteiger partial charge >= 0.3 is 0 Å². The van der Waals surface area contributed by atoms with E-state index in [9.17, 15) is 18.9 Å². The zero-order valence-electron chi connectivity index (χ0n) is 14.9. The fourth-order valence-electron chi connectivity index (χ4n) is 3.95. The number of non-ortho nitro benzene ring substituents is 1. The van der Waals surface area contributed by atoms with Gasteiger partial charge in [-0.3, -0.25) is 10.1 Å². The summed E-state index contributed by atoms with van der Waals surface area (Å²) in [5.74, 6) is -1.49. The number of hydrogen-bond donors (Lipinski definition) is 1. The molecule has 0 amide bonds. The van der Waals surface area contributed by atoms with Crippen molar-refractivity contribution >= 4 is 5.69 Å². The van der Waals surface area contributed by atoms with E-state index in [1.807, 2.05) is 24.3 Å². The standard InChI is InChI=1S/C22H18F2N2O2/c23-20-9-15(13-5-3-6-16(8-13)26(27)28)10-21(24)19(20)12-18-17-7-2-1-4-14(17)11-22(18)25/h1-10,18,22H,11-12,25H2. The van der Waals surface area contributed by atoms with Crippen molar-refractivity contribution in [1.82, 2.24) is 0 Å². The van der Waals surface area contributed by atoms with E-state index in [1.165, 1.54) is 30.3 Å². The number of rotatable bonds is 4. The first-order valence-electron chi connectivity index (χ1n) is 9.00. The number of hydrogen-bond acceptors (Lipinski definition) is 3. The molecule has 0 saturated carbocycles. The maximum atomic E-state index is 14.8. The lowest BCUT2D eigenvalue weighted by Crippen LogP contribution is -2.26. The van der Waals surface area contributed by atoms with Crippen LogP contribution in [0.1, 0.15) is 22.6 Å². The van der Waals surface area contributed by atoms with Crippen molar-refractivity contribution in [2.45, 2.75) is 24.8 Å². The van der Waals surface area contributed by atoms with Gasteiger partial charge in [0.1, 0.15) is 11.6 Å². The second-order valence-electron chi connectivity index (χ2n) is 7.10. The molecule has 0 heterocycles. The van der Waals surface area contributed by atoms with Gasteiger partial charge in [-0.05, 0) is 47.2 Å². The third kappa shape index (κ3) is 3.27.